The number of esters is 1. The first-order valence-corrected chi connectivity index (χ1v) is 6.29. The van der Waals surface area contributed by atoms with E-state index >= 15 is 0 Å². The molecule has 5 nitrogen and oxygen atoms in total. The highest BCUT2D eigenvalue weighted by Gasteiger charge is 2.56. The van der Waals surface area contributed by atoms with E-state index in [0.717, 1.165) is 4.90 Å². The largest absolute Gasteiger partial charge is 0.459 e. The van der Waals surface area contributed by atoms with Gasteiger partial charge < -0.3 is 4.74 Å². The van der Waals surface area contributed by atoms with Crippen LogP contribution >= 0.6 is 0 Å². The number of hydrogen-bond acceptors (Lipinski definition) is 4. The summed E-state index contributed by atoms with van der Waals surface area (Å²) >= 11 is 0. The highest BCUT2D eigenvalue weighted by Crippen LogP contribution is 2.39. The fourth-order valence-corrected chi connectivity index (χ4v) is 2.07. The van der Waals surface area contributed by atoms with E-state index in [4.69, 9.17) is 4.74 Å². The molecule has 1 rings (SSSR count). The minimum Gasteiger partial charge on any atom is -0.459 e. The van der Waals surface area contributed by atoms with Crippen molar-refractivity contribution in [2.45, 2.75) is 45.6 Å². The zero-order valence-electron chi connectivity index (χ0n) is 12.0. The summed E-state index contributed by atoms with van der Waals surface area (Å²) in [4.78, 5) is 37.3. The van der Waals surface area contributed by atoms with E-state index in [0.29, 0.717) is 6.42 Å². The molecular formula is C14H21NO4. The van der Waals surface area contributed by atoms with Crippen LogP contribution in [0.25, 0.3) is 0 Å². The van der Waals surface area contributed by atoms with Gasteiger partial charge in [-0.15, -0.1) is 6.58 Å². The Kier molecular flexibility index (Phi) is 4.18. The molecule has 0 radical (unpaired) electrons. The van der Waals surface area contributed by atoms with Gasteiger partial charge in [0.2, 0.25) is 11.8 Å². The van der Waals surface area contributed by atoms with Gasteiger partial charge in [-0.25, -0.2) is 0 Å². The van der Waals surface area contributed by atoms with Gasteiger partial charge in [0.05, 0.1) is 6.42 Å². The molecule has 19 heavy (non-hydrogen) atoms. The van der Waals surface area contributed by atoms with E-state index in [-0.39, 0.29) is 18.7 Å². The van der Waals surface area contributed by atoms with Gasteiger partial charge in [0.1, 0.15) is 5.60 Å². The summed E-state index contributed by atoms with van der Waals surface area (Å²) in [5, 5.41) is 0. The molecule has 1 unspecified atom stereocenters. The molecule has 2 amide bonds. The minimum absolute atomic E-state index is 0.120. The molecule has 0 aromatic heterocycles. The molecule has 1 aliphatic rings. The van der Waals surface area contributed by atoms with E-state index in [1.807, 2.05) is 0 Å². The summed E-state index contributed by atoms with van der Waals surface area (Å²) in [5.74, 6) is -1.45. The predicted octanol–water partition coefficient (Wildman–Crippen LogP) is 1.67. The van der Waals surface area contributed by atoms with E-state index in [1.165, 1.54) is 7.05 Å². The monoisotopic (exact) mass is 267 g/mol. The molecule has 0 aromatic carbocycles. The van der Waals surface area contributed by atoms with Gasteiger partial charge in [-0.1, -0.05) is 6.08 Å². The van der Waals surface area contributed by atoms with Gasteiger partial charge in [-0.05, 0) is 33.6 Å². The number of hydrogen-bond donors (Lipinski definition) is 0. The quantitative estimate of drug-likeness (QED) is 0.336. The van der Waals surface area contributed by atoms with Crippen LogP contribution in [0.4, 0.5) is 0 Å². The number of likely N-dealkylation sites (tertiary alicyclic amines) is 1. The Morgan fingerprint density at radius 2 is 2.05 bits per heavy atom. The lowest BCUT2D eigenvalue weighted by Gasteiger charge is -2.28. The maximum Gasteiger partial charge on any atom is 0.322 e. The number of imide groups is 1. The summed E-state index contributed by atoms with van der Waals surface area (Å²) in [7, 11) is 1.39. The Morgan fingerprint density at radius 1 is 1.47 bits per heavy atom. The van der Waals surface area contributed by atoms with Gasteiger partial charge in [-0.3, -0.25) is 19.3 Å². The first-order valence-electron chi connectivity index (χ1n) is 6.29. The number of carbonyl (C=O) groups is 3. The van der Waals surface area contributed by atoms with Crippen molar-refractivity contribution in [2.24, 2.45) is 5.41 Å². The van der Waals surface area contributed by atoms with Crippen LogP contribution in [0.15, 0.2) is 12.7 Å². The van der Waals surface area contributed by atoms with Crippen LogP contribution in [0, 0.1) is 5.41 Å². The second-order valence-electron chi connectivity index (χ2n) is 5.85. The molecule has 0 aromatic rings. The number of amides is 2. The normalized spacial score (nSPS) is 23.7. The van der Waals surface area contributed by atoms with Gasteiger partial charge in [0, 0.05) is 7.05 Å². The van der Waals surface area contributed by atoms with E-state index in [1.54, 1.807) is 26.8 Å². The lowest BCUT2D eigenvalue weighted by Crippen LogP contribution is -2.43. The molecule has 1 aliphatic heterocycles. The Morgan fingerprint density at radius 3 is 2.42 bits per heavy atom. The van der Waals surface area contributed by atoms with Gasteiger partial charge >= 0.3 is 5.97 Å². The zero-order valence-corrected chi connectivity index (χ0v) is 12.0. The molecule has 0 N–H and O–H groups in total. The van der Waals surface area contributed by atoms with Crippen molar-refractivity contribution in [3.8, 4) is 0 Å². The number of allylic oxidation sites excluding steroid dienone is 1. The molecule has 1 atom stereocenters. The van der Waals surface area contributed by atoms with Crippen molar-refractivity contribution in [1.29, 1.82) is 0 Å². The Hall–Kier alpha value is -1.65. The maximum atomic E-state index is 12.3. The average Bonchev–Trinajstić information content (AvgIpc) is 2.50. The summed E-state index contributed by atoms with van der Waals surface area (Å²) in [5.41, 5.74) is -2.07. The molecule has 106 valence electrons. The van der Waals surface area contributed by atoms with Crippen LogP contribution in [0.3, 0.4) is 0 Å². The lowest BCUT2D eigenvalue weighted by molar-refractivity contribution is -0.171. The predicted molar refractivity (Wildman–Crippen MR) is 70.1 cm³/mol. The summed E-state index contributed by atoms with van der Waals surface area (Å²) < 4.78 is 5.32. The second-order valence-corrected chi connectivity index (χ2v) is 5.85. The molecule has 1 fully saturated rings. The van der Waals surface area contributed by atoms with E-state index < -0.39 is 22.9 Å². The van der Waals surface area contributed by atoms with Crippen LogP contribution in [0.5, 0.6) is 0 Å². The van der Waals surface area contributed by atoms with Crippen molar-refractivity contribution in [1.82, 2.24) is 4.90 Å². The summed E-state index contributed by atoms with van der Waals surface area (Å²) in [6.45, 7) is 8.79. The fraction of sp³-hybridized carbons (Fsp3) is 0.643. The third-order valence-corrected chi connectivity index (χ3v) is 3.11. The first kappa shape index (κ1) is 15.4. The van der Waals surface area contributed by atoms with Crippen LogP contribution in [0.1, 0.15) is 40.0 Å². The fourth-order valence-electron chi connectivity index (χ4n) is 2.07. The van der Waals surface area contributed by atoms with Crippen LogP contribution < -0.4 is 0 Å². The molecule has 0 aliphatic carbocycles. The van der Waals surface area contributed by atoms with Crippen molar-refractivity contribution < 1.29 is 19.1 Å². The highest BCUT2D eigenvalue weighted by molar-refractivity contribution is 6.15. The number of ether oxygens (including phenoxy) is 1. The van der Waals surface area contributed by atoms with Gasteiger partial charge in [-0.2, -0.15) is 0 Å². The Balaban J connectivity index is 3.07. The number of carbonyl (C=O) groups excluding carboxylic acids is 3. The molecule has 1 heterocycles. The average molecular weight is 267 g/mol. The molecular weight excluding hydrogens is 246 g/mol. The molecule has 0 spiro atoms. The zero-order chi connectivity index (χ0) is 14.8. The SMILES string of the molecule is C=CCCC1(C(=O)OC(C)(C)C)CC(=O)N(C)C1=O. The first-order chi connectivity index (χ1) is 8.64. The minimum atomic E-state index is -1.38. The standard InChI is InChI=1S/C14H21NO4/c1-6-7-8-14(12(18)19-13(2,3)4)9-10(16)15(5)11(14)17/h6H,1,7-9H2,2-5H3. The van der Waals surface area contributed by atoms with E-state index in [9.17, 15) is 14.4 Å². The third kappa shape index (κ3) is 3.03. The Labute approximate surface area is 113 Å². The lowest BCUT2D eigenvalue weighted by atomic mass is 9.81. The topological polar surface area (TPSA) is 63.7 Å². The third-order valence-electron chi connectivity index (χ3n) is 3.11. The van der Waals surface area contributed by atoms with E-state index in [2.05, 4.69) is 6.58 Å². The number of nitrogens with zero attached hydrogens (tertiary/aromatic N) is 1. The highest BCUT2D eigenvalue weighted by atomic mass is 16.6. The Bertz CT molecular complexity index is 422. The number of rotatable bonds is 4. The molecule has 0 saturated carbocycles. The van der Waals surface area contributed by atoms with Crippen LogP contribution in [-0.2, 0) is 19.1 Å². The maximum absolute atomic E-state index is 12.3. The van der Waals surface area contributed by atoms with Crippen molar-refractivity contribution in [3.05, 3.63) is 12.7 Å². The molecule has 1 saturated heterocycles. The smallest absolute Gasteiger partial charge is 0.322 e. The van der Waals surface area contributed by atoms with Crippen LogP contribution in [0.2, 0.25) is 0 Å². The van der Waals surface area contributed by atoms with Crippen molar-refractivity contribution in [2.75, 3.05) is 7.05 Å². The van der Waals surface area contributed by atoms with Gasteiger partial charge in [0.25, 0.3) is 0 Å². The summed E-state index contributed by atoms with van der Waals surface area (Å²) in [6, 6.07) is 0. The van der Waals surface area contributed by atoms with Crippen LogP contribution in [-0.4, -0.2) is 35.3 Å². The molecule has 5 heteroatoms. The summed E-state index contributed by atoms with van der Waals surface area (Å²) in [6.07, 6.45) is 2.24. The van der Waals surface area contributed by atoms with Crippen molar-refractivity contribution in [3.63, 3.8) is 0 Å². The van der Waals surface area contributed by atoms with Crippen molar-refractivity contribution >= 4 is 17.8 Å². The molecule has 0 bridgehead atoms. The second kappa shape index (κ2) is 5.15. The van der Waals surface area contributed by atoms with Gasteiger partial charge in [0.15, 0.2) is 5.41 Å².